The zero-order valence-electron chi connectivity index (χ0n) is 18.3. The van der Waals surface area contributed by atoms with E-state index in [2.05, 4.69) is 46.3 Å². The molecule has 0 bridgehead atoms. The summed E-state index contributed by atoms with van der Waals surface area (Å²) in [5, 5.41) is 1.81. The Morgan fingerprint density at radius 3 is 2.62 bits per heavy atom. The SMILES string of the molecule is CC1=N[C@H](CN(c2ccnc3cc(Cl)ccc23)C2CCC(N)CC2)[C@H](c2ccccc2)O1. The molecule has 5 rings (SSSR count). The predicted octanol–water partition coefficient (Wildman–Crippen LogP) is 5.52. The monoisotopic (exact) mass is 448 g/mol. The van der Waals surface area contributed by atoms with Gasteiger partial charge in [0.2, 0.25) is 0 Å². The largest absolute Gasteiger partial charge is 0.471 e. The van der Waals surface area contributed by atoms with Gasteiger partial charge in [-0.3, -0.25) is 4.98 Å². The maximum atomic E-state index is 6.25. The van der Waals surface area contributed by atoms with Crippen molar-refractivity contribution in [3.05, 3.63) is 71.4 Å². The third-order valence-electron chi connectivity index (χ3n) is 6.68. The van der Waals surface area contributed by atoms with Gasteiger partial charge in [-0.1, -0.05) is 41.9 Å². The third-order valence-corrected chi connectivity index (χ3v) is 6.91. The molecule has 1 saturated carbocycles. The summed E-state index contributed by atoms with van der Waals surface area (Å²) in [5.74, 6) is 0.751. The van der Waals surface area contributed by atoms with Crippen molar-refractivity contribution in [2.75, 3.05) is 11.4 Å². The second kappa shape index (κ2) is 9.08. The van der Waals surface area contributed by atoms with E-state index in [1.165, 1.54) is 5.69 Å². The van der Waals surface area contributed by atoms with E-state index in [-0.39, 0.29) is 12.1 Å². The molecule has 0 amide bonds. The zero-order chi connectivity index (χ0) is 22.1. The van der Waals surface area contributed by atoms with Crippen LogP contribution < -0.4 is 10.6 Å². The fourth-order valence-electron chi connectivity index (χ4n) is 5.08. The van der Waals surface area contributed by atoms with Crippen molar-refractivity contribution >= 4 is 34.1 Å². The molecule has 1 aromatic heterocycles. The molecule has 1 aliphatic carbocycles. The number of benzene rings is 2. The zero-order valence-corrected chi connectivity index (χ0v) is 19.1. The molecule has 2 heterocycles. The summed E-state index contributed by atoms with van der Waals surface area (Å²) in [7, 11) is 0. The number of nitrogens with two attached hydrogens (primary N) is 1. The molecule has 3 aromatic rings. The summed E-state index contributed by atoms with van der Waals surface area (Å²) in [6.45, 7) is 2.72. The number of ether oxygens (including phenoxy) is 1. The molecule has 32 heavy (non-hydrogen) atoms. The van der Waals surface area contributed by atoms with Crippen LogP contribution in [0.1, 0.15) is 44.3 Å². The summed E-state index contributed by atoms with van der Waals surface area (Å²) in [6.07, 6.45) is 6.04. The first-order valence-electron chi connectivity index (χ1n) is 11.4. The molecule has 0 unspecified atom stereocenters. The number of aromatic nitrogens is 1. The predicted molar refractivity (Wildman–Crippen MR) is 131 cm³/mol. The van der Waals surface area contributed by atoms with Crippen molar-refractivity contribution < 1.29 is 4.74 Å². The first kappa shape index (κ1) is 21.2. The Labute approximate surface area is 194 Å². The Bertz CT molecular complexity index is 1110. The van der Waals surface area contributed by atoms with Crippen LogP contribution in [0, 0.1) is 0 Å². The summed E-state index contributed by atoms with van der Waals surface area (Å²) < 4.78 is 6.18. The highest BCUT2D eigenvalue weighted by Crippen LogP contribution is 2.36. The Hall–Kier alpha value is -2.63. The number of aliphatic imine (C=N–C) groups is 1. The van der Waals surface area contributed by atoms with Gasteiger partial charge in [-0.25, -0.2) is 4.99 Å². The summed E-state index contributed by atoms with van der Waals surface area (Å²) in [5.41, 5.74) is 9.49. The normalized spacial score (nSPS) is 25.4. The number of anilines is 1. The molecule has 2 N–H and O–H groups in total. The van der Waals surface area contributed by atoms with Crippen molar-refractivity contribution in [1.29, 1.82) is 0 Å². The molecule has 0 spiro atoms. The maximum Gasteiger partial charge on any atom is 0.181 e. The summed E-state index contributed by atoms with van der Waals surface area (Å²) in [4.78, 5) is 12.0. The van der Waals surface area contributed by atoms with Gasteiger partial charge in [-0.2, -0.15) is 0 Å². The molecule has 1 fully saturated rings. The van der Waals surface area contributed by atoms with E-state index >= 15 is 0 Å². The van der Waals surface area contributed by atoms with Crippen molar-refractivity contribution in [2.45, 2.75) is 56.8 Å². The Morgan fingerprint density at radius 2 is 1.84 bits per heavy atom. The summed E-state index contributed by atoms with van der Waals surface area (Å²) >= 11 is 6.25. The van der Waals surface area contributed by atoms with Crippen LogP contribution in [0.25, 0.3) is 10.9 Å². The van der Waals surface area contributed by atoms with Gasteiger partial charge < -0.3 is 15.4 Å². The van der Waals surface area contributed by atoms with Crippen LogP contribution in [0.4, 0.5) is 5.69 Å². The lowest BCUT2D eigenvalue weighted by Gasteiger charge is -2.39. The van der Waals surface area contributed by atoms with E-state index in [1.54, 1.807) is 0 Å². The second-order valence-corrected chi connectivity index (χ2v) is 9.31. The lowest BCUT2D eigenvalue weighted by molar-refractivity contribution is 0.193. The van der Waals surface area contributed by atoms with E-state index in [9.17, 15) is 0 Å². The minimum atomic E-state index is -0.0768. The van der Waals surface area contributed by atoms with Crippen LogP contribution in [0.5, 0.6) is 0 Å². The Morgan fingerprint density at radius 1 is 1.06 bits per heavy atom. The van der Waals surface area contributed by atoms with Gasteiger partial charge in [0, 0.05) is 47.8 Å². The van der Waals surface area contributed by atoms with E-state index in [0.717, 1.165) is 54.6 Å². The highest BCUT2D eigenvalue weighted by atomic mass is 35.5. The molecule has 1 aliphatic heterocycles. The second-order valence-electron chi connectivity index (χ2n) is 8.88. The summed E-state index contributed by atoms with van der Waals surface area (Å²) in [6, 6.07) is 19.2. The average Bonchev–Trinajstić information content (AvgIpc) is 3.18. The smallest absolute Gasteiger partial charge is 0.181 e. The van der Waals surface area contributed by atoms with Gasteiger partial charge in [0.15, 0.2) is 5.90 Å². The Balaban J connectivity index is 1.52. The van der Waals surface area contributed by atoms with Crippen LogP contribution in [-0.4, -0.2) is 35.6 Å². The van der Waals surface area contributed by atoms with Crippen LogP contribution in [0.3, 0.4) is 0 Å². The minimum Gasteiger partial charge on any atom is -0.471 e. The van der Waals surface area contributed by atoms with Crippen LogP contribution in [-0.2, 0) is 4.74 Å². The number of pyridine rings is 1. The number of rotatable bonds is 5. The van der Waals surface area contributed by atoms with Gasteiger partial charge in [0.1, 0.15) is 12.1 Å². The maximum absolute atomic E-state index is 6.25. The van der Waals surface area contributed by atoms with Gasteiger partial charge in [0.05, 0.1) is 5.52 Å². The highest BCUT2D eigenvalue weighted by molar-refractivity contribution is 6.31. The van der Waals surface area contributed by atoms with Crippen LogP contribution in [0.15, 0.2) is 65.8 Å². The number of hydrogen-bond acceptors (Lipinski definition) is 5. The van der Waals surface area contributed by atoms with Crippen LogP contribution >= 0.6 is 11.6 Å². The topological polar surface area (TPSA) is 63.7 Å². The first-order valence-corrected chi connectivity index (χ1v) is 11.8. The van der Waals surface area contributed by atoms with E-state index in [1.807, 2.05) is 31.3 Å². The first-order chi connectivity index (χ1) is 15.6. The molecule has 2 aliphatic rings. The quantitative estimate of drug-likeness (QED) is 0.557. The van der Waals surface area contributed by atoms with Crippen molar-refractivity contribution in [1.82, 2.24) is 4.98 Å². The van der Waals surface area contributed by atoms with Crippen molar-refractivity contribution in [3.8, 4) is 0 Å². The Kier molecular flexibility index (Phi) is 6.03. The molecule has 166 valence electrons. The molecular weight excluding hydrogens is 420 g/mol. The van der Waals surface area contributed by atoms with E-state index in [0.29, 0.717) is 17.1 Å². The third kappa shape index (κ3) is 4.32. The van der Waals surface area contributed by atoms with Gasteiger partial charge in [0.25, 0.3) is 0 Å². The fraction of sp³-hybridized carbons (Fsp3) is 0.385. The fourth-order valence-corrected chi connectivity index (χ4v) is 5.25. The molecule has 2 atom stereocenters. The average molecular weight is 449 g/mol. The van der Waals surface area contributed by atoms with E-state index in [4.69, 9.17) is 27.1 Å². The number of fused-ring (bicyclic) bond motifs is 1. The number of halogens is 1. The van der Waals surface area contributed by atoms with Gasteiger partial charge in [-0.05, 0) is 55.5 Å². The van der Waals surface area contributed by atoms with E-state index < -0.39 is 0 Å². The molecule has 0 radical (unpaired) electrons. The molecular formula is C26H29ClN4O. The minimum absolute atomic E-state index is 0.0171. The molecule has 5 nitrogen and oxygen atoms in total. The van der Waals surface area contributed by atoms with Crippen molar-refractivity contribution in [2.24, 2.45) is 10.7 Å². The van der Waals surface area contributed by atoms with Gasteiger partial charge >= 0.3 is 0 Å². The van der Waals surface area contributed by atoms with Crippen molar-refractivity contribution in [3.63, 3.8) is 0 Å². The lowest BCUT2D eigenvalue weighted by atomic mass is 9.89. The lowest BCUT2D eigenvalue weighted by Crippen LogP contribution is -2.45. The highest BCUT2D eigenvalue weighted by Gasteiger charge is 2.35. The standard InChI is InChI=1S/C26H29ClN4O/c1-17-30-24(26(32-17)18-5-3-2-4-6-18)16-31(21-10-8-20(28)9-11-21)25-13-14-29-23-15-19(27)7-12-22(23)25/h2-7,12-15,20-21,24,26H,8-11,16,28H2,1H3/t20?,21?,24-,26+/m1/s1. The van der Waals surface area contributed by atoms with Crippen LogP contribution in [0.2, 0.25) is 5.02 Å². The molecule has 6 heteroatoms. The van der Waals surface area contributed by atoms with Gasteiger partial charge in [-0.15, -0.1) is 0 Å². The molecule has 0 saturated heterocycles. The molecule has 2 aromatic carbocycles. The number of nitrogens with zero attached hydrogens (tertiary/aromatic N) is 3. The number of hydrogen-bond donors (Lipinski definition) is 1.